The number of unbranched alkanes of at least 4 members (excludes halogenated alkanes) is 1. The van der Waals surface area contributed by atoms with Crippen molar-refractivity contribution in [3.63, 3.8) is 0 Å². The van der Waals surface area contributed by atoms with Gasteiger partial charge in [-0.3, -0.25) is 4.72 Å². The maximum Gasteiger partial charge on any atom is 0.229 e. The Morgan fingerprint density at radius 3 is 2.62 bits per heavy atom. The van der Waals surface area contributed by atoms with E-state index in [9.17, 15) is 8.42 Å². The van der Waals surface area contributed by atoms with Crippen molar-refractivity contribution in [1.82, 2.24) is 0 Å². The Hall–Kier alpha value is -1.23. The molecule has 5 heteroatoms. The second kappa shape index (κ2) is 5.75. The SMILES string of the molecule is CCCCOc1ccccc1NS(C)(=O)=O. The average molecular weight is 243 g/mol. The number of para-hydroxylation sites is 2. The van der Waals surface area contributed by atoms with Crippen molar-refractivity contribution < 1.29 is 13.2 Å². The van der Waals surface area contributed by atoms with Gasteiger partial charge in [0.1, 0.15) is 5.75 Å². The summed E-state index contributed by atoms with van der Waals surface area (Å²) in [5.74, 6) is 0.571. The Balaban J connectivity index is 2.75. The lowest BCUT2D eigenvalue weighted by molar-refractivity contribution is 0.311. The lowest BCUT2D eigenvalue weighted by Crippen LogP contribution is -2.11. The Bertz CT molecular complexity index is 429. The molecule has 0 fully saturated rings. The lowest BCUT2D eigenvalue weighted by atomic mass is 10.3. The predicted molar refractivity (Wildman–Crippen MR) is 65.3 cm³/mol. The summed E-state index contributed by atoms with van der Waals surface area (Å²) < 4.78 is 30.2. The summed E-state index contributed by atoms with van der Waals surface area (Å²) in [5, 5.41) is 0. The molecule has 4 nitrogen and oxygen atoms in total. The predicted octanol–water partition coefficient (Wildman–Crippen LogP) is 2.24. The van der Waals surface area contributed by atoms with Crippen molar-refractivity contribution in [2.45, 2.75) is 19.8 Å². The molecular formula is C11H17NO3S. The molecule has 90 valence electrons. The van der Waals surface area contributed by atoms with Gasteiger partial charge in [0, 0.05) is 0 Å². The normalized spacial score (nSPS) is 11.1. The first-order valence-electron chi connectivity index (χ1n) is 5.22. The zero-order valence-electron chi connectivity index (χ0n) is 9.56. The largest absolute Gasteiger partial charge is 0.491 e. The summed E-state index contributed by atoms with van der Waals surface area (Å²) in [5.41, 5.74) is 0.487. The Labute approximate surface area is 96.7 Å². The fourth-order valence-electron chi connectivity index (χ4n) is 1.20. The standard InChI is InChI=1S/C11H17NO3S/c1-3-4-9-15-11-8-6-5-7-10(11)12-16(2,13)14/h5-8,12H,3-4,9H2,1-2H3. The molecule has 0 saturated carbocycles. The highest BCUT2D eigenvalue weighted by molar-refractivity contribution is 7.92. The van der Waals surface area contributed by atoms with Gasteiger partial charge in [0.05, 0.1) is 18.6 Å². The number of ether oxygens (including phenoxy) is 1. The molecule has 16 heavy (non-hydrogen) atoms. The molecule has 0 unspecified atom stereocenters. The number of nitrogens with one attached hydrogen (secondary N) is 1. The summed E-state index contributed by atoms with van der Waals surface area (Å²) in [6.45, 7) is 2.67. The van der Waals surface area contributed by atoms with Gasteiger partial charge in [0.25, 0.3) is 0 Å². The third kappa shape index (κ3) is 4.53. The molecule has 1 aromatic carbocycles. The van der Waals surface area contributed by atoms with Crippen LogP contribution in [0.2, 0.25) is 0 Å². The molecule has 0 aromatic heterocycles. The van der Waals surface area contributed by atoms with Crippen LogP contribution in [0.5, 0.6) is 5.75 Å². The van der Waals surface area contributed by atoms with Crippen LogP contribution in [0.25, 0.3) is 0 Å². The molecule has 0 spiro atoms. The minimum atomic E-state index is -3.26. The Morgan fingerprint density at radius 1 is 1.31 bits per heavy atom. The van der Waals surface area contributed by atoms with Crippen molar-refractivity contribution in [3.8, 4) is 5.75 Å². The van der Waals surface area contributed by atoms with E-state index in [0.717, 1.165) is 19.1 Å². The Kier molecular flexibility index (Phi) is 4.61. The highest BCUT2D eigenvalue weighted by Crippen LogP contribution is 2.24. The molecule has 1 aromatic rings. The summed E-state index contributed by atoms with van der Waals surface area (Å²) in [6, 6.07) is 7.01. The zero-order chi connectivity index (χ0) is 12.0. The maximum atomic E-state index is 11.1. The molecule has 0 saturated heterocycles. The molecule has 0 bridgehead atoms. The van der Waals surface area contributed by atoms with Gasteiger partial charge in [-0.2, -0.15) is 0 Å². The first kappa shape index (κ1) is 12.8. The smallest absolute Gasteiger partial charge is 0.229 e. The van der Waals surface area contributed by atoms with Gasteiger partial charge in [-0.05, 0) is 18.6 Å². The van der Waals surface area contributed by atoms with Gasteiger partial charge in [-0.15, -0.1) is 0 Å². The van der Waals surface area contributed by atoms with Crippen LogP contribution >= 0.6 is 0 Å². The van der Waals surface area contributed by atoms with Crippen LogP contribution in [-0.4, -0.2) is 21.3 Å². The molecule has 0 atom stereocenters. The highest BCUT2D eigenvalue weighted by atomic mass is 32.2. The second-order valence-corrected chi connectivity index (χ2v) is 5.32. The number of rotatable bonds is 6. The van der Waals surface area contributed by atoms with E-state index in [0.29, 0.717) is 18.0 Å². The first-order valence-corrected chi connectivity index (χ1v) is 7.11. The van der Waals surface area contributed by atoms with E-state index in [2.05, 4.69) is 11.6 Å². The minimum absolute atomic E-state index is 0.487. The molecule has 0 aliphatic carbocycles. The lowest BCUT2D eigenvalue weighted by Gasteiger charge is -2.11. The molecule has 0 amide bonds. The highest BCUT2D eigenvalue weighted by Gasteiger charge is 2.07. The monoisotopic (exact) mass is 243 g/mol. The topological polar surface area (TPSA) is 55.4 Å². The van der Waals surface area contributed by atoms with Crippen molar-refractivity contribution in [1.29, 1.82) is 0 Å². The van der Waals surface area contributed by atoms with Crippen LogP contribution < -0.4 is 9.46 Å². The van der Waals surface area contributed by atoms with Crippen LogP contribution in [0, 0.1) is 0 Å². The fourth-order valence-corrected chi connectivity index (χ4v) is 1.77. The molecule has 1 rings (SSSR count). The third-order valence-corrected chi connectivity index (χ3v) is 2.53. The number of anilines is 1. The molecule has 0 aliphatic rings. The summed E-state index contributed by atoms with van der Waals surface area (Å²) >= 11 is 0. The van der Waals surface area contributed by atoms with Crippen molar-refractivity contribution in [2.75, 3.05) is 17.6 Å². The van der Waals surface area contributed by atoms with Gasteiger partial charge in [0.2, 0.25) is 10.0 Å². The molecule has 0 heterocycles. The number of hydrogen-bond acceptors (Lipinski definition) is 3. The van der Waals surface area contributed by atoms with Crippen molar-refractivity contribution in [3.05, 3.63) is 24.3 Å². The Morgan fingerprint density at radius 2 is 2.00 bits per heavy atom. The maximum absolute atomic E-state index is 11.1. The molecular weight excluding hydrogens is 226 g/mol. The van der Waals surface area contributed by atoms with Crippen LogP contribution in [0.1, 0.15) is 19.8 Å². The molecule has 0 radical (unpaired) electrons. The van der Waals surface area contributed by atoms with E-state index < -0.39 is 10.0 Å². The van der Waals surface area contributed by atoms with E-state index >= 15 is 0 Å². The average Bonchev–Trinajstić information content (AvgIpc) is 2.19. The van der Waals surface area contributed by atoms with Crippen LogP contribution in [0.15, 0.2) is 24.3 Å². The van der Waals surface area contributed by atoms with Crippen LogP contribution in [-0.2, 0) is 10.0 Å². The van der Waals surface area contributed by atoms with Crippen LogP contribution in [0.4, 0.5) is 5.69 Å². The molecule has 0 aliphatic heterocycles. The summed E-state index contributed by atoms with van der Waals surface area (Å²) in [7, 11) is -3.26. The van der Waals surface area contributed by atoms with E-state index in [-0.39, 0.29) is 0 Å². The third-order valence-electron chi connectivity index (χ3n) is 1.94. The van der Waals surface area contributed by atoms with Gasteiger partial charge < -0.3 is 4.74 Å². The minimum Gasteiger partial charge on any atom is -0.491 e. The van der Waals surface area contributed by atoms with Gasteiger partial charge >= 0.3 is 0 Å². The van der Waals surface area contributed by atoms with Crippen molar-refractivity contribution >= 4 is 15.7 Å². The van der Waals surface area contributed by atoms with E-state index in [4.69, 9.17) is 4.74 Å². The number of benzene rings is 1. The van der Waals surface area contributed by atoms with E-state index in [1.54, 1.807) is 18.2 Å². The summed E-state index contributed by atoms with van der Waals surface area (Å²) in [6.07, 6.45) is 3.12. The number of sulfonamides is 1. The van der Waals surface area contributed by atoms with E-state index in [1.807, 2.05) is 6.07 Å². The van der Waals surface area contributed by atoms with Crippen LogP contribution in [0.3, 0.4) is 0 Å². The first-order chi connectivity index (χ1) is 7.53. The molecule has 1 N–H and O–H groups in total. The van der Waals surface area contributed by atoms with Crippen molar-refractivity contribution in [2.24, 2.45) is 0 Å². The second-order valence-electron chi connectivity index (χ2n) is 3.57. The zero-order valence-corrected chi connectivity index (χ0v) is 10.4. The van der Waals surface area contributed by atoms with Gasteiger partial charge in [0.15, 0.2) is 0 Å². The summed E-state index contributed by atoms with van der Waals surface area (Å²) in [4.78, 5) is 0. The van der Waals surface area contributed by atoms with E-state index in [1.165, 1.54) is 0 Å². The quantitative estimate of drug-likeness (QED) is 0.779. The van der Waals surface area contributed by atoms with Gasteiger partial charge in [-0.1, -0.05) is 25.5 Å². The number of hydrogen-bond donors (Lipinski definition) is 1. The van der Waals surface area contributed by atoms with Gasteiger partial charge in [-0.25, -0.2) is 8.42 Å². The fraction of sp³-hybridized carbons (Fsp3) is 0.455.